The van der Waals surface area contributed by atoms with Gasteiger partial charge >= 0.3 is 0 Å². The number of fused-ring (bicyclic) bond motifs is 2. The molecule has 0 spiro atoms. The summed E-state index contributed by atoms with van der Waals surface area (Å²) >= 11 is 1.61. The smallest absolute Gasteiger partial charge is 0.253 e. The number of rotatable bonds is 18. The van der Waals surface area contributed by atoms with Crippen molar-refractivity contribution in [2.75, 3.05) is 46.0 Å². The van der Waals surface area contributed by atoms with Crippen LogP contribution in [-0.2, 0) is 9.53 Å². The first-order valence-corrected chi connectivity index (χ1v) is 16.6. The van der Waals surface area contributed by atoms with Crippen molar-refractivity contribution in [2.24, 2.45) is 16.8 Å². The van der Waals surface area contributed by atoms with Gasteiger partial charge in [-0.05, 0) is 88.3 Å². The highest BCUT2D eigenvalue weighted by molar-refractivity contribution is 8.16. The van der Waals surface area contributed by atoms with Crippen LogP contribution in [0.4, 0.5) is 0 Å². The molecule has 0 radical (unpaired) electrons. The first kappa shape index (κ1) is 31.8. The molecular formula is C32H50N4O4S. The summed E-state index contributed by atoms with van der Waals surface area (Å²) in [7, 11) is 0. The Labute approximate surface area is 250 Å². The first-order chi connectivity index (χ1) is 19.9. The molecule has 1 aliphatic heterocycles. The molecule has 4 atom stereocenters. The lowest BCUT2D eigenvalue weighted by atomic mass is 9.96. The molecular weight excluding hydrogens is 536 g/mol. The predicted molar refractivity (Wildman–Crippen MR) is 167 cm³/mol. The zero-order valence-electron chi connectivity index (χ0n) is 25.3. The van der Waals surface area contributed by atoms with Gasteiger partial charge in [-0.1, -0.05) is 38.1 Å². The van der Waals surface area contributed by atoms with E-state index in [4.69, 9.17) is 14.5 Å². The average molecular weight is 587 g/mol. The number of nitrogens with zero attached hydrogens (tertiary/aromatic N) is 2. The Morgan fingerprint density at radius 3 is 2.73 bits per heavy atom. The number of thioether (sulfide) groups is 1. The van der Waals surface area contributed by atoms with E-state index in [-0.39, 0.29) is 11.8 Å². The van der Waals surface area contributed by atoms with Gasteiger partial charge in [-0.15, -0.1) is 0 Å². The number of aliphatic imine (C=N–C) groups is 1. The van der Waals surface area contributed by atoms with Gasteiger partial charge in [-0.25, -0.2) is 0 Å². The summed E-state index contributed by atoms with van der Waals surface area (Å²) in [6, 6.07) is 7.87. The van der Waals surface area contributed by atoms with Crippen molar-refractivity contribution >= 4 is 28.7 Å². The van der Waals surface area contributed by atoms with Crippen LogP contribution < -0.4 is 15.4 Å². The number of hydrogen-bond acceptors (Lipinski definition) is 7. The number of unbranched alkanes of at least 4 members (excludes halogenated alkanes) is 1. The number of ether oxygens (including phenoxy) is 2. The molecule has 4 rings (SSSR count). The van der Waals surface area contributed by atoms with Gasteiger partial charge in [0.2, 0.25) is 5.91 Å². The van der Waals surface area contributed by atoms with Crippen molar-refractivity contribution < 1.29 is 19.1 Å². The second-order valence-electron chi connectivity index (χ2n) is 12.0. The maximum atomic E-state index is 13.4. The Kier molecular flexibility index (Phi) is 12.4. The summed E-state index contributed by atoms with van der Waals surface area (Å²) in [4.78, 5) is 33.1. The summed E-state index contributed by atoms with van der Waals surface area (Å²) in [5, 5.41) is 7.19. The van der Waals surface area contributed by atoms with Crippen molar-refractivity contribution in [1.29, 1.82) is 0 Å². The minimum absolute atomic E-state index is 0.0305. The standard InChI is InChI=1S/C32H50N4O4S/c1-4-16-36(29(37)26-9-8-10-27(23-26)40-20-15-33-14-19-39-18-5-2)17-7-6-13-32(3)30(38)35-31(41-32)34-28-22-24-11-12-25(28)21-24/h8-10,23-25,28,33H,4-7,11-22H2,1-3H3,(H,34,35,38)/t24?,25?,28-,32?/m0/s1. The van der Waals surface area contributed by atoms with Crippen molar-refractivity contribution in [1.82, 2.24) is 15.5 Å². The molecule has 228 valence electrons. The van der Waals surface area contributed by atoms with E-state index in [1.54, 1.807) is 11.8 Å². The monoisotopic (exact) mass is 586 g/mol. The Hall–Kier alpha value is -2.10. The predicted octanol–water partition coefficient (Wildman–Crippen LogP) is 5.27. The minimum Gasteiger partial charge on any atom is -0.492 e. The number of hydrogen-bond donors (Lipinski definition) is 2. The van der Waals surface area contributed by atoms with E-state index in [0.29, 0.717) is 49.6 Å². The van der Waals surface area contributed by atoms with E-state index in [9.17, 15) is 9.59 Å². The summed E-state index contributed by atoms with van der Waals surface area (Å²) in [6.45, 7) is 11.2. The van der Waals surface area contributed by atoms with Crippen LogP contribution in [-0.4, -0.2) is 78.7 Å². The van der Waals surface area contributed by atoms with Crippen molar-refractivity contribution in [3.63, 3.8) is 0 Å². The molecule has 3 fully saturated rings. The fraction of sp³-hybridized carbons (Fsp3) is 0.719. The van der Waals surface area contributed by atoms with Crippen LogP contribution in [0.2, 0.25) is 0 Å². The molecule has 9 heteroatoms. The third-order valence-electron chi connectivity index (χ3n) is 8.52. The Bertz CT molecular complexity index is 1040. The van der Waals surface area contributed by atoms with Gasteiger partial charge in [0, 0.05) is 38.3 Å². The van der Waals surface area contributed by atoms with Gasteiger partial charge in [0.1, 0.15) is 12.4 Å². The number of amides is 2. The van der Waals surface area contributed by atoms with Gasteiger partial charge in [0.15, 0.2) is 5.17 Å². The highest BCUT2D eigenvalue weighted by atomic mass is 32.2. The van der Waals surface area contributed by atoms with Crippen LogP contribution in [0, 0.1) is 11.8 Å². The van der Waals surface area contributed by atoms with Crippen molar-refractivity contribution in [3.05, 3.63) is 29.8 Å². The number of amidine groups is 1. The lowest BCUT2D eigenvalue weighted by molar-refractivity contribution is -0.121. The van der Waals surface area contributed by atoms with E-state index in [1.807, 2.05) is 36.1 Å². The summed E-state index contributed by atoms with van der Waals surface area (Å²) in [5.74, 6) is 2.36. The SMILES string of the molecule is CCCOCCNCCOc1cccc(C(=O)N(CCC)CCCCC2(C)SC(=N[C@H]3CC4CCC3C4)NC2=O)c1. The van der Waals surface area contributed by atoms with Gasteiger partial charge in [0.25, 0.3) is 5.91 Å². The summed E-state index contributed by atoms with van der Waals surface area (Å²) in [5.41, 5.74) is 0.649. The van der Waals surface area contributed by atoms with Crippen molar-refractivity contribution in [3.8, 4) is 5.75 Å². The number of nitrogens with one attached hydrogen (secondary N) is 2. The molecule has 1 aromatic carbocycles. The highest BCUT2D eigenvalue weighted by Gasteiger charge is 2.44. The van der Waals surface area contributed by atoms with Gasteiger partial charge in [-0.2, -0.15) is 0 Å². The second kappa shape index (κ2) is 15.9. The molecule has 0 aromatic heterocycles. The number of carbonyl (C=O) groups excluding carboxylic acids is 2. The largest absolute Gasteiger partial charge is 0.492 e. The van der Waals surface area contributed by atoms with Crippen LogP contribution in [0.25, 0.3) is 0 Å². The highest BCUT2D eigenvalue weighted by Crippen LogP contribution is 2.47. The molecule has 1 saturated heterocycles. The fourth-order valence-corrected chi connectivity index (χ4v) is 7.41. The average Bonchev–Trinajstić information content (AvgIpc) is 3.66. The fourth-order valence-electron chi connectivity index (χ4n) is 6.27. The Balaban J connectivity index is 1.20. The molecule has 2 saturated carbocycles. The van der Waals surface area contributed by atoms with Gasteiger partial charge < -0.3 is 25.0 Å². The lowest BCUT2D eigenvalue weighted by Gasteiger charge is -2.24. The van der Waals surface area contributed by atoms with E-state index < -0.39 is 4.75 Å². The minimum atomic E-state index is -0.487. The van der Waals surface area contributed by atoms with Gasteiger partial charge in [-0.3, -0.25) is 14.6 Å². The van der Waals surface area contributed by atoms with E-state index in [0.717, 1.165) is 62.9 Å². The maximum absolute atomic E-state index is 13.4. The molecule has 3 unspecified atom stereocenters. The number of benzene rings is 1. The molecule has 8 nitrogen and oxygen atoms in total. The third kappa shape index (κ3) is 9.19. The first-order valence-electron chi connectivity index (χ1n) is 15.8. The maximum Gasteiger partial charge on any atom is 0.253 e. The quantitative estimate of drug-likeness (QED) is 0.228. The zero-order chi connectivity index (χ0) is 29.1. The van der Waals surface area contributed by atoms with Crippen LogP contribution in [0.15, 0.2) is 29.3 Å². The summed E-state index contributed by atoms with van der Waals surface area (Å²) in [6.07, 6.45) is 9.58. The molecule has 2 bridgehead atoms. The Morgan fingerprint density at radius 2 is 1.98 bits per heavy atom. The topological polar surface area (TPSA) is 92.3 Å². The molecule has 2 amide bonds. The molecule has 2 N–H and O–H groups in total. The van der Waals surface area contributed by atoms with Gasteiger partial charge in [0.05, 0.1) is 17.4 Å². The van der Waals surface area contributed by atoms with Crippen LogP contribution in [0.3, 0.4) is 0 Å². The zero-order valence-corrected chi connectivity index (χ0v) is 26.1. The Morgan fingerprint density at radius 1 is 1.12 bits per heavy atom. The normalized spacial score (nSPS) is 26.1. The van der Waals surface area contributed by atoms with E-state index in [2.05, 4.69) is 24.5 Å². The lowest BCUT2D eigenvalue weighted by Crippen LogP contribution is -2.35. The van der Waals surface area contributed by atoms with Crippen LogP contribution >= 0.6 is 11.8 Å². The number of carbonyl (C=O) groups is 2. The van der Waals surface area contributed by atoms with E-state index in [1.165, 1.54) is 25.7 Å². The molecule has 3 aliphatic rings. The third-order valence-corrected chi connectivity index (χ3v) is 9.76. The molecule has 41 heavy (non-hydrogen) atoms. The molecule has 1 aromatic rings. The van der Waals surface area contributed by atoms with E-state index >= 15 is 0 Å². The van der Waals surface area contributed by atoms with Crippen molar-refractivity contribution in [2.45, 2.75) is 89.3 Å². The summed E-state index contributed by atoms with van der Waals surface area (Å²) < 4.78 is 10.9. The van der Waals surface area contributed by atoms with Crippen LogP contribution in [0.5, 0.6) is 5.75 Å². The van der Waals surface area contributed by atoms with Crippen LogP contribution in [0.1, 0.15) is 88.9 Å². The molecule has 1 heterocycles. The molecule has 2 aliphatic carbocycles. The second-order valence-corrected chi connectivity index (χ2v) is 13.4.